The highest BCUT2D eigenvalue weighted by molar-refractivity contribution is 7.90. The summed E-state index contributed by atoms with van der Waals surface area (Å²) < 4.78 is 56.7. The molecule has 0 radical (unpaired) electrons. The molecule has 0 fully saturated rings. The Balaban J connectivity index is 0.00000840. The number of aliphatic hydroxyl groups is 1. The number of halogens is 1. The highest BCUT2D eigenvalue weighted by Crippen LogP contribution is 2.13. The van der Waals surface area contributed by atoms with Gasteiger partial charge in [0.05, 0.1) is 30.8 Å². The fraction of sp³-hybridized carbons (Fsp3) is 0.536. The first kappa shape index (κ1) is 36.8. The fourth-order valence-electron chi connectivity index (χ4n) is 3.97. The maximum absolute atomic E-state index is 13.4. The summed E-state index contributed by atoms with van der Waals surface area (Å²) in [6.45, 7) is 4.37. The van der Waals surface area contributed by atoms with Crippen molar-refractivity contribution in [3.05, 3.63) is 65.7 Å². The Labute approximate surface area is 251 Å². The highest BCUT2D eigenvalue weighted by atomic mass is 35.5. The lowest BCUT2D eigenvalue weighted by atomic mass is 10.00. The third-order valence-corrected chi connectivity index (χ3v) is 8.68. The average molecular weight is 634 g/mol. The molecule has 0 aliphatic rings. The van der Waals surface area contributed by atoms with E-state index in [1.807, 2.05) is 68.4 Å². The van der Waals surface area contributed by atoms with Gasteiger partial charge in [0.15, 0.2) is 0 Å². The summed E-state index contributed by atoms with van der Waals surface area (Å²) in [6.07, 6.45) is 0.458. The molecule has 0 aliphatic heterocycles. The van der Waals surface area contributed by atoms with E-state index in [1.165, 1.54) is 0 Å². The Morgan fingerprint density at radius 2 is 1.61 bits per heavy atom. The number of amides is 1. The summed E-state index contributed by atoms with van der Waals surface area (Å²) in [5.74, 6) is -0.395. The second kappa shape index (κ2) is 17.7. The largest absolute Gasteiger partial charge is 0.497 e. The lowest BCUT2D eigenvalue weighted by Crippen LogP contribution is -2.55. The van der Waals surface area contributed by atoms with E-state index in [9.17, 15) is 26.7 Å². The van der Waals surface area contributed by atoms with Crippen LogP contribution in [0.15, 0.2) is 54.6 Å². The van der Waals surface area contributed by atoms with Gasteiger partial charge in [-0.1, -0.05) is 56.3 Å². The Kier molecular flexibility index (Phi) is 15.9. The number of benzene rings is 2. The summed E-state index contributed by atoms with van der Waals surface area (Å²) in [6, 6.07) is 14.7. The zero-order valence-corrected chi connectivity index (χ0v) is 26.5. The third kappa shape index (κ3) is 15.0. The Hall–Kier alpha value is -2.22. The first-order valence-electron chi connectivity index (χ1n) is 13.3. The predicted molar refractivity (Wildman–Crippen MR) is 165 cm³/mol. The average Bonchev–Trinajstić information content (AvgIpc) is 2.89. The molecular weight excluding hydrogens is 590 g/mol. The maximum Gasteiger partial charge on any atom is 0.238 e. The van der Waals surface area contributed by atoms with Crippen molar-refractivity contribution in [2.75, 3.05) is 31.4 Å². The van der Waals surface area contributed by atoms with Crippen LogP contribution < -0.4 is 20.1 Å². The molecule has 4 N–H and O–H groups in total. The van der Waals surface area contributed by atoms with E-state index in [1.54, 1.807) is 7.11 Å². The van der Waals surface area contributed by atoms with Gasteiger partial charge in [-0.15, -0.1) is 12.4 Å². The van der Waals surface area contributed by atoms with Crippen LogP contribution in [0.2, 0.25) is 0 Å². The topological polar surface area (TPSA) is 151 Å². The summed E-state index contributed by atoms with van der Waals surface area (Å²) in [7, 11) is -5.71. The molecule has 0 spiro atoms. The van der Waals surface area contributed by atoms with Crippen molar-refractivity contribution in [1.82, 2.24) is 15.4 Å². The van der Waals surface area contributed by atoms with Crippen LogP contribution >= 0.6 is 12.4 Å². The fourth-order valence-corrected chi connectivity index (χ4v) is 6.19. The number of carbonyl (C=O) groups is 1. The highest BCUT2D eigenvalue weighted by Gasteiger charge is 2.29. The first-order chi connectivity index (χ1) is 18.8. The van der Waals surface area contributed by atoms with Crippen LogP contribution in [0.25, 0.3) is 0 Å². The maximum atomic E-state index is 13.4. The molecule has 2 aromatic rings. The first-order valence-corrected chi connectivity index (χ1v) is 17.0. The van der Waals surface area contributed by atoms with Crippen LogP contribution in [-0.4, -0.2) is 77.5 Å². The zero-order chi connectivity index (χ0) is 29.8. The molecule has 0 aliphatic carbocycles. The summed E-state index contributed by atoms with van der Waals surface area (Å²) >= 11 is 0. The van der Waals surface area contributed by atoms with E-state index < -0.39 is 44.0 Å². The van der Waals surface area contributed by atoms with E-state index in [2.05, 4.69) is 15.4 Å². The number of methoxy groups -OCH3 is 1. The van der Waals surface area contributed by atoms with Gasteiger partial charge in [0.1, 0.15) is 21.6 Å². The molecule has 0 saturated carbocycles. The molecule has 41 heavy (non-hydrogen) atoms. The van der Waals surface area contributed by atoms with Gasteiger partial charge < -0.3 is 20.5 Å². The zero-order valence-electron chi connectivity index (χ0n) is 24.1. The van der Waals surface area contributed by atoms with Gasteiger partial charge >= 0.3 is 0 Å². The van der Waals surface area contributed by atoms with E-state index in [0.717, 1.165) is 17.4 Å². The van der Waals surface area contributed by atoms with Crippen LogP contribution in [0.5, 0.6) is 5.75 Å². The van der Waals surface area contributed by atoms with Crippen molar-refractivity contribution in [3.63, 3.8) is 0 Å². The van der Waals surface area contributed by atoms with Gasteiger partial charge in [0.25, 0.3) is 0 Å². The van der Waals surface area contributed by atoms with Gasteiger partial charge in [0, 0.05) is 19.3 Å². The number of carbonyl (C=O) groups excluding carboxylic acids is 1. The second-order valence-corrected chi connectivity index (χ2v) is 14.6. The van der Waals surface area contributed by atoms with Gasteiger partial charge in [-0.05, 0) is 48.4 Å². The molecule has 3 atom stereocenters. The van der Waals surface area contributed by atoms with Crippen molar-refractivity contribution >= 4 is 38.2 Å². The van der Waals surface area contributed by atoms with Crippen molar-refractivity contribution in [2.45, 2.75) is 57.8 Å². The lowest BCUT2D eigenvalue weighted by Gasteiger charge is -2.27. The number of sulfonamides is 1. The molecule has 10 nitrogen and oxygen atoms in total. The van der Waals surface area contributed by atoms with Gasteiger partial charge in [-0.3, -0.25) is 4.79 Å². The van der Waals surface area contributed by atoms with Crippen molar-refractivity contribution < 1.29 is 31.5 Å². The van der Waals surface area contributed by atoms with E-state index in [0.29, 0.717) is 18.7 Å². The number of nitrogens with one attached hydrogen (secondary N) is 3. The minimum Gasteiger partial charge on any atom is -0.497 e. The van der Waals surface area contributed by atoms with Crippen LogP contribution in [0.3, 0.4) is 0 Å². The summed E-state index contributed by atoms with van der Waals surface area (Å²) in [5.41, 5.74) is 1.82. The SMILES string of the molecule is COc1cccc(CNC[C@@H](O)[C@H](Cc2ccccc2)NC(=O)[C@H](CCS(C)(=O)=O)NS(=O)(=O)CCC(C)C)c1.Cl. The van der Waals surface area contributed by atoms with E-state index in [4.69, 9.17) is 4.74 Å². The molecule has 232 valence electrons. The van der Waals surface area contributed by atoms with Crippen LogP contribution in [0, 0.1) is 5.92 Å². The Bertz CT molecular complexity index is 1280. The number of ether oxygens (including phenoxy) is 1. The molecule has 2 aromatic carbocycles. The van der Waals surface area contributed by atoms with E-state index >= 15 is 0 Å². The third-order valence-electron chi connectivity index (χ3n) is 6.29. The molecule has 1 amide bonds. The molecule has 0 heterocycles. The predicted octanol–water partition coefficient (Wildman–Crippen LogP) is 2.06. The number of hydrogen-bond acceptors (Lipinski definition) is 8. The molecule has 0 bridgehead atoms. The summed E-state index contributed by atoms with van der Waals surface area (Å²) in [4.78, 5) is 13.4. The summed E-state index contributed by atoms with van der Waals surface area (Å²) in [5, 5.41) is 17.0. The quantitative estimate of drug-likeness (QED) is 0.195. The number of rotatable bonds is 18. The van der Waals surface area contributed by atoms with Crippen molar-refractivity contribution in [3.8, 4) is 5.75 Å². The Morgan fingerprint density at radius 3 is 2.22 bits per heavy atom. The molecule has 13 heteroatoms. The van der Waals surface area contributed by atoms with Crippen molar-refractivity contribution in [2.24, 2.45) is 5.92 Å². The van der Waals surface area contributed by atoms with Gasteiger partial charge in [0.2, 0.25) is 15.9 Å². The van der Waals surface area contributed by atoms with Gasteiger partial charge in [-0.25, -0.2) is 21.6 Å². The van der Waals surface area contributed by atoms with Crippen LogP contribution in [0.1, 0.15) is 37.8 Å². The molecular formula is C28H44ClN3O7S2. The number of hydrogen-bond donors (Lipinski definition) is 4. The molecule has 0 unspecified atom stereocenters. The van der Waals surface area contributed by atoms with Crippen LogP contribution in [0.4, 0.5) is 0 Å². The van der Waals surface area contributed by atoms with Crippen molar-refractivity contribution in [1.29, 1.82) is 0 Å². The number of sulfone groups is 1. The van der Waals surface area contributed by atoms with E-state index in [-0.39, 0.29) is 49.2 Å². The normalized spacial score (nSPS) is 14.1. The van der Waals surface area contributed by atoms with Crippen LogP contribution in [-0.2, 0) is 37.6 Å². The molecule has 0 aromatic heterocycles. The second-order valence-electron chi connectivity index (χ2n) is 10.4. The van der Waals surface area contributed by atoms with Gasteiger partial charge in [-0.2, -0.15) is 0 Å². The monoisotopic (exact) mass is 633 g/mol. The Morgan fingerprint density at radius 1 is 0.951 bits per heavy atom. The minimum absolute atomic E-state index is 0. The molecule has 0 saturated heterocycles. The minimum atomic E-state index is -3.84. The molecule has 2 rings (SSSR count). The standard InChI is InChI=1S/C28H43N3O7S2.ClH/c1-21(2)13-16-40(36,37)31-25(14-15-39(4,34)35)28(33)30-26(18-22-9-6-5-7-10-22)27(32)20-29-19-23-11-8-12-24(17-23)38-3;/h5-12,17,21,25-27,29,31-32H,13-16,18-20H2,1-4H3,(H,30,33);1H/t25-,26-,27+;/m0./s1. The lowest BCUT2D eigenvalue weighted by molar-refractivity contribution is -0.124. The smallest absolute Gasteiger partial charge is 0.238 e. The number of aliphatic hydroxyl groups excluding tert-OH is 1.